The van der Waals surface area contributed by atoms with Crippen molar-refractivity contribution >= 4 is 28.4 Å². The highest BCUT2D eigenvalue weighted by molar-refractivity contribution is 6.02. The zero-order chi connectivity index (χ0) is 22.8. The number of fused-ring (bicyclic) bond motifs is 2. The molecule has 3 aromatic rings. The first kappa shape index (κ1) is 21.2. The van der Waals surface area contributed by atoms with Crippen LogP contribution in [0.3, 0.4) is 0 Å². The third kappa shape index (κ3) is 3.96. The highest BCUT2D eigenvalue weighted by Crippen LogP contribution is 2.35. The summed E-state index contributed by atoms with van der Waals surface area (Å²) in [7, 11) is 1.55. The first-order valence-corrected chi connectivity index (χ1v) is 10.1. The van der Waals surface area contributed by atoms with Crippen LogP contribution in [0, 0.1) is 0 Å². The van der Waals surface area contributed by atoms with E-state index in [0.717, 1.165) is 0 Å². The van der Waals surface area contributed by atoms with Gasteiger partial charge in [-0.25, -0.2) is 0 Å². The molecule has 0 bridgehead atoms. The molecule has 4 rings (SSSR count). The van der Waals surface area contributed by atoms with Crippen LogP contribution in [0.2, 0.25) is 0 Å². The van der Waals surface area contributed by atoms with Gasteiger partial charge < -0.3 is 29.4 Å². The molecular formula is C23H23N3O6. The number of aryl methyl sites for hydroxylation is 1. The number of pyridine rings is 1. The highest BCUT2D eigenvalue weighted by Gasteiger charge is 2.23. The molecule has 2 aromatic carbocycles. The van der Waals surface area contributed by atoms with Gasteiger partial charge in [0, 0.05) is 24.5 Å². The fourth-order valence-corrected chi connectivity index (χ4v) is 3.47. The van der Waals surface area contributed by atoms with E-state index < -0.39 is 23.3 Å². The van der Waals surface area contributed by atoms with Gasteiger partial charge in [-0.2, -0.15) is 0 Å². The molecule has 0 radical (unpaired) electrons. The van der Waals surface area contributed by atoms with E-state index in [2.05, 4.69) is 10.6 Å². The lowest BCUT2D eigenvalue weighted by Crippen LogP contribution is -2.43. The number of benzene rings is 2. The van der Waals surface area contributed by atoms with E-state index in [1.54, 1.807) is 55.0 Å². The van der Waals surface area contributed by atoms with Crippen molar-refractivity contribution in [3.8, 4) is 17.2 Å². The van der Waals surface area contributed by atoms with Gasteiger partial charge in [0.15, 0.2) is 11.5 Å². The molecule has 1 aromatic heterocycles. The lowest BCUT2D eigenvalue weighted by Gasteiger charge is -2.16. The number of ether oxygens (including phenoxy) is 3. The number of hydrogen-bond acceptors (Lipinski definition) is 6. The van der Waals surface area contributed by atoms with Gasteiger partial charge in [0.05, 0.1) is 18.0 Å². The molecule has 2 heterocycles. The number of carbonyl (C=O) groups is 2. The van der Waals surface area contributed by atoms with Crippen molar-refractivity contribution in [3.05, 3.63) is 58.4 Å². The average molecular weight is 437 g/mol. The van der Waals surface area contributed by atoms with Gasteiger partial charge >= 0.3 is 0 Å². The summed E-state index contributed by atoms with van der Waals surface area (Å²) in [5.74, 6) is 0.635. The standard InChI is InChI=1S/C23H23N3O6/c1-4-26-11-17(21(27)16-9-19-20(10-18(16)26)32-12-31-19)23(29)24-13(2)22(28)25-14-5-7-15(30-3)8-6-14/h5-11,13H,4,12H2,1-3H3,(H,24,29)(H,25,28). The highest BCUT2D eigenvalue weighted by atomic mass is 16.7. The van der Waals surface area contributed by atoms with E-state index in [0.29, 0.717) is 40.4 Å². The average Bonchev–Trinajstić information content (AvgIpc) is 3.26. The summed E-state index contributed by atoms with van der Waals surface area (Å²) in [6.07, 6.45) is 1.50. The Kier molecular flexibility index (Phi) is 5.72. The van der Waals surface area contributed by atoms with Crippen LogP contribution in [0.15, 0.2) is 47.4 Å². The van der Waals surface area contributed by atoms with Gasteiger partial charge in [0.1, 0.15) is 17.4 Å². The van der Waals surface area contributed by atoms with Crippen LogP contribution in [-0.2, 0) is 11.3 Å². The summed E-state index contributed by atoms with van der Waals surface area (Å²) in [5.41, 5.74) is 0.709. The van der Waals surface area contributed by atoms with E-state index >= 15 is 0 Å². The zero-order valence-corrected chi connectivity index (χ0v) is 17.9. The smallest absolute Gasteiger partial charge is 0.257 e. The quantitative estimate of drug-likeness (QED) is 0.614. The van der Waals surface area contributed by atoms with Crippen LogP contribution in [0.4, 0.5) is 5.69 Å². The number of carbonyl (C=O) groups excluding carboxylic acids is 2. The van der Waals surface area contributed by atoms with Crippen molar-refractivity contribution in [1.82, 2.24) is 9.88 Å². The Morgan fingerprint density at radius 2 is 1.84 bits per heavy atom. The van der Waals surface area contributed by atoms with Crippen LogP contribution in [0.1, 0.15) is 24.2 Å². The number of anilines is 1. The molecule has 0 saturated carbocycles. The number of nitrogens with one attached hydrogen (secondary N) is 2. The third-order valence-corrected chi connectivity index (χ3v) is 5.26. The Morgan fingerprint density at radius 3 is 2.50 bits per heavy atom. The fraction of sp³-hybridized carbons (Fsp3) is 0.261. The van der Waals surface area contributed by atoms with Crippen molar-refractivity contribution in [2.24, 2.45) is 0 Å². The first-order valence-electron chi connectivity index (χ1n) is 10.1. The van der Waals surface area contributed by atoms with Crippen molar-refractivity contribution in [3.63, 3.8) is 0 Å². The van der Waals surface area contributed by atoms with Crippen molar-refractivity contribution in [2.45, 2.75) is 26.4 Å². The number of amides is 2. The molecule has 1 aliphatic rings. The normalized spacial score (nSPS) is 13.0. The Balaban J connectivity index is 1.56. The Bertz CT molecular complexity index is 1250. The Hall–Kier alpha value is -4.01. The lowest BCUT2D eigenvalue weighted by molar-refractivity contribution is -0.117. The molecule has 1 aliphatic heterocycles. The predicted molar refractivity (Wildman–Crippen MR) is 119 cm³/mol. The molecule has 0 spiro atoms. The number of hydrogen-bond donors (Lipinski definition) is 2. The fourth-order valence-electron chi connectivity index (χ4n) is 3.47. The second-order valence-electron chi connectivity index (χ2n) is 7.29. The van der Waals surface area contributed by atoms with Crippen molar-refractivity contribution in [2.75, 3.05) is 19.2 Å². The van der Waals surface area contributed by atoms with Crippen LogP contribution in [0.5, 0.6) is 17.2 Å². The molecule has 0 fully saturated rings. The molecule has 2 amide bonds. The minimum atomic E-state index is -0.869. The van der Waals surface area contributed by atoms with E-state index in [1.807, 2.05) is 6.92 Å². The van der Waals surface area contributed by atoms with Gasteiger partial charge in [0.2, 0.25) is 18.1 Å². The molecule has 1 atom stereocenters. The minimum absolute atomic E-state index is 0.0534. The molecule has 9 heteroatoms. The molecular weight excluding hydrogens is 414 g/mol. The predicted octanol–water partition coefficient (Wildman–Crippen LogP) is 2.52. The van der Waals surface area contributed by atoms with Gasteiger partial charge in [-0.15, -0.1) is 0 Å². The van der Waals surface area contributed by atoms with Crippen LogP contribution in [-0.4, -0.2) is 36.3 Å². The monoisotopic (exact) mass is 437 g/mol. The second-order valence-corrected chi connectivity index (χ2v) is 7.29. The van der Waals surface area contributed by atoms with E-state index in [4.69, 9.17) is 14.2 Å². The van der Waals surface area contributed by atoms with E-state index in [1.165, 1.54) is 6.20 Å². The largest absolute Gasteiger partial charge is 0.497 e. The van der Waals surface area contributed by atoms with Gasteiger partial charge in [-0.3, -0.25) is 14.4 Å². The van der Waals surface area contributed by atoms with E-state index in [-0.39, 0.29) is 12.4 Å². The maximum Gasteiger partial charge on any atom is 0.257 e. The molecule has 0 saturated heterocycles. The SMILES string of the molecule is CCn1cc(C(=O)NC(C)C(=O)Nc2ccc(OC)cc2)c(=O)c2cc3c(cc21)OCO3. The second kappa shape index (κ2) is 8.62. The topological polar surface area (TPSA) is 108 Å². The summed E-state index contributed by atoms with van der Waals surface area (Å²) in [6, 6.07) is 9.26. The first-order chi connectivity index (χ1) is 15.4. The maximum atomic E-state index is 13.1. The summed E-state index contributed by atoms with van der Waals surface area (Å²) >= 11 is 0. The maximum absolute atomic E-state index is 13.1. The summed E-state index contributed by atoms with van der Waals surface area (Å²) in [6.45, 7) is 4.07. The number of rotatable bonds is 6. The van der Waals surface area contributed by atoms with Crippen LogP contribution < -0.4 is 30.3 Å². The van der Waals surface area contributed by atoms with Crippen molar-refractivity contribution in [1.29, 1.82) is 0 Å². The minimum Gasteiger partial charge on any atom is -0.497 e. The number of nitrogens with zero attached hydrogens (tertiary/aromatic N) is 1. The van der Waals surface area contributed by atoms with Gasteiger partial charge in [-0.1, -0.05) is 0 Å². The lowest BCUT2D eigenvalue weighted by atomic mass is 10.1. The molecule has 1 unspecified atom stereocenters. The van der Waals surface area contributed by atoms with Gasteiger partial charge in [0.25, 0.3) is 5.91 Å². The molecule has 166 valence electrons. The summed E-state index contributed by atoms with van der Waals surface area (Å²) in [4.78, 5) is 38.5. The molecule has 0 aliphatic carbocycles. The van der Waals surface area contributed by atoms with Crippen LogP contribution >= 0.6 is 0 Å². The Morgan fingerprint density at radius 1 is 1.16 bits per heavy atom. The molecule has 2 N–H and O–H groups in total. The molecule has 9 nitrogen and oxygen atoms in total. The Labute approximate surface area is 183 Å². The summed E-state index contributed by atoms with van der Waals surface area (Å²) < 4.78 is 17.6. The number of methoxy groups -OCH3 is 1. The molecule has 32 heavy (non-hydrogen) atoms. The van der Waals surface area contributed by atoms with E-state index in [9.17, 15) is 14.4 Å². The summed E-state index contributed by atoms with van der Waals surface area (Å²) in [5, 5.41) is 5.67. The van der Waals surface area contributed by atoms with Crippen LogP contribution in [0.25, 0.3) is 10.9 Å². The zero-order valence-electron chi connectivity index (χ0n) is 17.9. The van der Waals surface area contributed by atoms with Gasteiger partial charge in [-0.05, 0) is 44.2 Å². The number of aromatic nitrogens is 1. The third-order valence-electron chi connectivity index (χ3n) is 5.26. The van der Waals surface area contributed by atoms with Crippen molar-refractivity contribution < 1.29 is 23.8 Å².